The van der Waals surface area contributed by atoms with E-state index in [2.05, 4.69) is 0 Å². The molecule has 0 saturated carbocycles. The molecular weight excluding hydrogens is 352 g/mol. The van der Waals surface area contributed by atoms with Gasteiger partial charge in [-0.1, -0.05) is 81.4 Å². The van der Waals surface area contributed by atoms with Crippen LogP contribution in [0.5, 0.6) is 0 Å². The first-order chi connectivity index (χ1) is 13.5. The number of Topliss-reactive ketones (excluding diaryl/α,β-unsaturated/α-hetero) is 1. The minimum atomic E-state index is -0.736. The fourth-order valence-electron chi connectivity index (χ4n) is 3.16. The Hall–Kier alpha value is -2.01. The molecule has 4 heteroatoms. The van der Waals surface area contributed by atoms with Gasteiger partial charge in [-0.15, -0.1) is 0 Å². The van der Waals surface area contributed by atoms with Gasteiger partial charge in [0.25, 0.3) is 0 Å². The van der Waals surface area contributed by atoms with Gasteiger partial charge in [0, 0.05) is 17.8 Å². The van der Waals surface area contributed by atoms with E-state index in [1.165, 1.54) is 0 Å². The summed E-state index contributed by atoms with van der Waals surface area (Å²) in [5, 5.41) is 10.6. The molecule has 2 rings (SSSR count). The fraction of sp³-hybridized carbons (Fsp3) is 0.458. The van der Waals surface area contributed by atoms with E-state index in [1.54, 1.807) is 6.92 Å². The molecule has 1 N–H and O–H groups in total. The largest absolute Gasteiger partial charge is 0.392 e. The maximum absolute atomic E-state index is 12.6. The second-order valence-electron chi connectivity index (χ2n) is 7.56. The topological polar surface area (TPSA) is 55.8 Å². The standard InChI is InChI=1S/C24H32O4/c1-18(14-27-16-21-10-6-4-7-11-21)23(25)20(3)24(26)19(2)15-28-17-22-12-8-5-9-13-22/h4-13,18-20,23,25H,14-17H2,1-3H3/t18-,19-,20+,23-/m1/s1. The van der Waals surface area contributed by atoms with Gasteiger partial charge in [0.05, 0.1) is 32.5 Å². The van der Waals surface area contributed by atoms with Crippen molar-refractivity contribution in [2.75, 3.05) is 13.2 Å². The molecule has 2 aromatic carbocycles. The minimum Gasteiger partial charge on any atom is -0.392 e. The second-order valence-corrected chi connectivity index (χ2v) is 7.56. The summed E-state index contributed by atoms with van der Waals surface area (Å²) in [4.78, 5) is 12.6. The number of hydrogen-bond acceptors (Lipinski definition) is 4. The van der Waals surface area contributed by atoms with Crippen molar-refractivity contribution in [1.82, 2.24) is 0 Å². The lowest BCUT2D eigenvalue weighted by Crippen LogP contribution is -2.37. The number of benzene rings is 2. The Bertz CT molecular complexity index is 686. The van der Waals surface area contributed by atoms with Crippen LogP contribution in [0.4, 0.5) is 0 Å². The normalized spacial score (nSPS) is 15.6. The Morgan fingerprint density at radius 1 is 0.821 bits per heavy atom. The molecule has 0 aliphatic heterocycles. The number of carbonyl (C=O) groups excluding carboxylic acids is 1. The molecule has 0 unspecified atom stereocenters. The van der Waals surface area contributed by atoms with Crippen LogP contribution in [-0.4, -0.2) is 30.2 Å². The summed E-state index contributed by atoms with van der Waals surface area (Å²) in [5.41, 5.74) is 2.18. The summed E-state index contributed by atoms with van der Waals surface area (Å²) < 4.78 is 11.4. The molecule has 4 atom stereocenters. The smallest absolute Gasteiger partial charge is 0.143 e. The molecule has 2 aromatic rings. The monoisotopic (exact) mass is 384 g/mol. The predicted molar refractivity (Wildman–Crippen MR) is 111 cm³/mol. The number of hydrogen-bond donors (Lipinski definition) is 1. The lowest BCUT2D eigenvalue weighted by Gasteiger charge is -2.26. The van der Waals surface area contributed by atoms with Crippen LogP contribution in [0.25, 0.3) is 0 Å². The molecular formula is C24H32O4. The first-order valence-electron chi connectivity index (χ1n) is 9.94. The highest BCUT2D eigenvalue weighted by molar-refractivity contribution is 5.83. The minimum absolute atomic E-state index is 0.0236. The van der Waals surface area contributed by atoms with Crippen molar-refractivity contribution in [2.24, 2.45) is 17.8 Å². The number of ketones is 1. The second kappa shape index (κ2) is 11.7. The lowest BCUT2D eigenvalue weighted by molar-refractivity contribution is -0.133. The maximum atomic E-state index is 12.6. The molecule has 0 spiro atoms. The molecule has 0 amide bonds. The molecule has 28 heavy (non-hydrogen) atoms. The summed E-state index contributed by atoms with van der Waals surface area (Å²) in [6, 6.07) is 19.8. The van der Waals surface area contributed by atoms with Gasteiger partial charge in [-0.2, -0.15) is 0 Å². The fourth-order valence-corrected chi connectivity index (χ4v) is 3.16. The molecule has 0 aliphatic rings. The Morgan fingerprint density at radius 2 is 1.29 bits per heavy atom. The van der Waals surface area contributed by atoms with Gasteiger partial charge >= 0.3 is 0 Å². The molecule has 4 nitrogen and oxygen atoms in total. The molecule has 0 bridgehead atoms. The number of aliphatic hydroxyl groups excluding tert-OH is 1. The Labute approximate surface area is 168 Å². The van der Waals surface area contributed by atoms with Gasteiger partial charge in [-0.3, -0.25) is 4.79 Å². The van der Waals surface area contributed by atoms with Gasteiger partial charge in [0.15, 0.2) is 0 Å². The van der Waals surface area contributed by atoms with Crippen LogP contribution in [0.1, 0.15) is 31.9 Å². The predicted octanol–water partition coefficient (Wildman–Crippen LogP) is 4.26. The molecule has 0 heterocycles. The zero-order valence-corrected chi connectivity index (χ0v) is 17.1. The molecule has 0 fully saturated rings. The van der Waals surface area contributed by atoms with Crippen molar-refractivity contribution in [3.63, 3.8) is 0 Å². The van der Waals surface area contributed by atoms with E-state index < -0.39 is 12.0 Å². The average molecular weight is 385 g/mol. The van der Waals surface area contributed by atoms with Crippen LogP contribution < -0.4 is 0 Å². The van der Waals surface area contributed by atoms with Crippen molar-refractivity contribution >= 4 is 5.78 Å². The Kier molecular flexibility index (Phi) is 9.35. The first kappa shape index (κ1) is 22.3. The van der Waals surface area contributed by atoms with E-state index >= 15 is 0 Å². The number of ether oxygens (including phenoxy) is 2. The highest BCUT2D eigenvalue weighted by Crippen LogP contribution is 2.19. The van der Waals surface area contributed by atoms with Gasteiger partial charge in [0.2, 0.25) is 0 Å². The van der Waals surface area contributed by atoms with Crippen molar-refractivity contribution in [2.45, 2.75) is 40.1 Å². The van der Waals surface area contributed by atoms with Crippen LogP contribution in [0.2, 0.25) is 0 Å². The number of aliphatic hydroxyl groups is 1. The molecule has 0 aliphatic carbocycles. The van der Waals surface area contributed by atoms with Crippen LogP contribution >= 0.6 is 0 Å². The van der Waals surface area contributed by atoms with Crippen LogP contribution in [0.3, 0.4) is 0 Å². The molecule has 0 radical (unpaired) electrons. The van der Waals surface area contributed by atoms with Gasteiger partial charge in [-0.25, -0.2) is 0 Å². The SMILES string of the molecule is C[C@H](COCc1ccccc1)C(=O)[C@@H](C)[C@H](O)[C@H](C)COCc1ccccc1. The van der Waals surface area contributed by atoms with E-state index in [9.17, 15) is 9.90 Å². The number of rotatable bonds is 12. The zero-order chi connectivity index (χ0) is 20.4. The van der Waals surface area contributed by atoms with Crippen LogP contribution in [0.15, 0.2) is 60.7 Å². The highest BCUT2D eigenvalue weighted by atomic mass is 16.5. The third kappa shape index (κ3) is 7.19. The van der Waals surface area contributed by atoms with Crippen molar-refractivity contribution in [3.05, 3.63) is 71.8 Å². The van der Waals surface area contributed by atoms with Crippen molar-refractivity contribution in [3.8, 4) is 0 Å². The summed E-state index contributed by atoms with van der Waals surface area (Å²) in [6.07, 6.45) is -0.736. The summed E-state index contributed by atoms with van der Waals surface area (Å²) in [6.45, 7) is 7.30. The molecule has 0 aromatic heterocycles. The molecule has 152 valence electrons. The van der Waals surface area contributed by atoms with Gasteiger partial charge < -0.3 is 14.6 Å². The Balaban J connectivity index is 1.71. The van der Waals surface area contributed by atoms with Gasteiger partial charge in [-0.05, 0) is 11.1 Å². The van der Waals surface area contributed by atoms with Crippen LogP contribution in [-0.2, 0) is 27.5 Å². The highest BCUT2D eigenvalue weighted by Gasteiger charge is 2.29. The maximum Gasteiger partial charge on any atom is 0.143 e. The van der Waals surface area contributed by atoms with Gasteiger partial charge in [0.1, 0.15) is 5.78 Å². The third-order valence-corrected chi connectivity index (χ3v) is 5.00. The lowest BCUT2D eigenvalue weighted by atomic mass is 9.86. The average Bonchev–Trinajstić information content (AvgIpc) is 2.73. The van der Waals surface area contributed by atoms with E-state index in [4.69, 9.17) is 9.47 Å². The molecule has 0 saturated heterocycles. The van der Waals surface area contributed by atoms with E-state index in [0.29, 0.717) is 26.4 Å². The first-order valence-corrected chi connectivity index (χ1v) is 9.94. The Morgan fingerprint density at radius 3 is 1.79 bits per heavy atom. The van der Waals surface area contributed by atoms with Crippen LogP contribution in [0, 0.1) is 17.8 Å². The van der Waals surface area contributed by atoms with Crippen molar-refractivity contribution < 1.29 is 19.4 Å². The van der Waals surface area contributed by atoms with Crippen molar-refractivity contribution in [1.29, 1.82) is 0 Å². The zero-order valence-electron chi connectivity index (χ0n) is 17.1. The summed E-state index contributed by atoms with van der Waals surface area (Å²) in [7, 11) is 0. The van der Waals surface area contributed by atoms with E-state index in [-0.39, 0.29) is 17.6 Å². The summed E-state index contributed by atoms with van der Waals surface area (Å²) in [5.74, 6) is -0.813. The quantitative estimate of drug-likeness (QED) is 0.594. The van der Waals surface area contributed by atoms with E-state index in [1.807, 2.05) is 74.5 Å². The summed E-state index contributed by atoms with van der Waals surface area (Å²) >= 11 is 0. The third-order valence-electron chi connectivity index (χ3n) is 5.00. The van der Waals surface area contributed by atoms with E-state index in [0.717, 1.165) is 11.1 Å². The number of carbonyl (C=O) groups is 1.